The number of carbonyl (C=O) groups is 1. The summed E-state index contributed by atoms with van der Waals surface area (Å²) in [5, 5.41) is 0.323. The average Bonchev–Trinajstić information content (AvgIpc) is 2.39. The molecule has 116 valence electrons. The van der Waals surface area contributed by atoms with Gasteiger partial charge in [-0.05, 0) is 24.7 Å². The first-order valence-corrected chi connectivity index (χ1v) is 7.24. The molecule has 0 N–H and O–H groups in total. The summed E-state index contributed by atoms with van der Waals surface area (Å²) < 4.78 is 17.2. The summed E-state index contributed by atoms with van der Waals surface area (Å²) in [6.45, 7) is 3.68. The molecule has 21 heavy (non-hydrogen) atoms. The van der Waals surface area contributed by atoms with Crippen molar-refractivity contribution in [3.05, 3.63) is 16.4 Å². The zero-order valence-corrected chi connectivity index (χ0v) is 13.2. The Balaban J connectivity index is 2.17. The van der Waals surface area contributed by atoms with Crippen molar-refractivity contribution in [3.8, 4) is 6.01 Å². The number of fused-ring (bicyclic) bond motifs is 1. The lowest BCUT2D eigenvalue weighted by Crippen LogP contribution is -2.32. The molecule has 0 unspecified atom stereocenters. The minimum absolute atomic E-state index is 0.0360. The van der Waals surface area contributed by atoms with Crippen LogP contribution in [0.4, 0.5) is 9.18 Å². The number of nitrogens with zero attached hydrogens (tertiary/aromatic N) is 3. The normalized spacial score (nSPS) is 16.2. The molecule has 0 saturated heterocycles. The second-order valence-corrected chi connectivity index (χ2v) is 6.40. The Morgan fingerprint density at radius 1 is 1.48 bits per heavy atom. The lowest BCUT2D eigenvalue weighted by atomic mass is 9.76. The van der Waals surface area contributed by atoms with E-state index in [-0.39, 0.29) is 18.0 Å². The first-order valence-electron chi connectivity index (χ1n) is 6.86. The standard InChI is InChI=1S/C14H19ClFN3O2/c1-14(2)5-4-10-9(8-14)11(15)18-12(17-10)21-13(20)19(3)7-6-16/h4-8H2,1-3H3. The predicted molar refractivity (Wildman–Crippen MR) is 77.5 cm³/mol. The SMILES string of the molecule is CN(CCF)C(=O)Oc1nc(Cl)c2c(n1)CCC(C)(C)C2. The first kappa shape index (κ1) is 15.9. The largest absolute Gasteiger partial charge is 0.417 e. The van der Waals surface area contributed by atoms with Gasteiger partial charge in [0.05, 0.1) is 12.2 Å². The Hall–Kier alpha value is -1.43. The van der Waals surface area contributed by atoms with Crippen molar-refractivity contribution < 1.29 is 13.9 Å². The number of carbonyl (C=O) groups excluding carboxylic acids is 1. The van der Waals surface area contributed by atoms with Crippen LogP contribution in [-0.4, -0.2) is 41.2 Å². The Kier molecular flexibility index (Phi) is 4.66. The van der Waals surface area contributed by atoms with Crippen molar-refractivity contribution in [1.29, 1.82) is 0 Å². The lowest BCUT2D eigenvalue weighted by Gasteiger charge is -2.30. The second kappa shape index (κ2) is 6.13. The highest BCUT2D eigenvalue weighted by atomic mass is 35.5. The summed E-state index contributed by atoms with van der Waals surface area (Å²) in [6.07, 6.45) is 1.87. The Labute approximate surface area is 128 Å². The van der Waals surface area contributed by atoms with E-state index >= 15 is 0 Å². The number of amides is 1. The molecule has 0 spiro atoms. The molecule has 1 aromatic heterocycles. The predicted octanol–water partition coefficient (Wildman–Crippen LogP) is 3.05. The fourth-order valence-electron chi connectivity index (χ4n) is 2.30. The van der Waals surface area contributed by atoms with Crippen LogP contribution in [0, 0.1) is 5.41 Å². The topological polar surface area (TPSA) is 55.3 Å². The number of alkyl halides is 1. The summed E-state index contributed by atoms with van der Waals surface area (Å²) in [6, 6.07) is -0.0748. The van der Waals surface area contributed by atoms with Crippen LogP contribution < -0.4 is 4.74 Å². The summed E-state index contributed by atoms with van der Waals surface area (Å²) in [5.74, 6) is 0. The summed E-state index contributed by atoms with van der Waals surface area (Å²) >= 11 is 6.18. The quantitative estimate of drug-likeness (QED) is 0.804. The molecule has 1 amide bonds. The zero-order chi connectivity index (χ0) is 15.6. The van der Waals surface area contributed by atoms with Crippen molar-refractivity contribution in [2.45, 2.75) is 33.1 Å². The number of aromatic nitrogens is 2. The van der Waals surface area contributed by atoms with Gasteiger partial charge in [-0.25, -0.2) is 9.18 Å². The van der Waals surface area contributed by atoms with Crippen molar-refractivity contribution in [3.63, 3.8) is 0 Å². The van der Waals surface area contributed by atoms with Gasteiger partial charge in [0.2, 0.25) is 0 Å². The zero-order valence-electron chi connectivity index (χ0n) is 12.4. The van der Waals surface area contributed by atoms with Gasteiger partial charge in [-0.2, -0.15) is 9.97 Å². The molecule has 1 aromatic rings. The smallest absolute Gasteiger partial charge is 0.374 e. The lowest BCUT2D eigenvalue weighted by molar-refractivity contribution is 0.155. The molecule has 7 heteroatoms. The highest BCUT2D eigenvalue weighted by Gasteiger charge is 2.29. The second-order valence-electron chi connectivity index (χ2n) is 6.04. The minimum Gasteiger partial charge on any atom is -0.374 e. The fraction of sp³-hybridized carbons (Fsp3) is 0.643. The highest BCUT2D eigenvalue weighted by Crippen LogP contribution is 2.37. The number of halogens is 2. The third-order valence-corrected chi connectivity index (χ3v) is 3.94. The van der Waals surface area contributed by atoms with E-state index in [9.17, 15) is 9.18 Å². The molecular weight excluding hydrogens is 297 g/mol. The van der Waals surface area contributed by atoms with Crippen molar-refractivity contribution in [2.24, 2.45) is 5.41 Å². The van der Waals surface area contributed by atoms with Crippen LogP contribution in [0.3, 0.4) is 0 Å². The Morgan fingerprint density at radius 3 is 2.86 bits per heavy atom. The first-order chi connectivity index (χ1) is 9.82. The molecule has 0 aromatic carbocycles. The van der Waals surface area contributed by atoms with Crippen LogP contribution in [-0.2, 0) is 12.8 Å². The van der Waals surface area contributed by atoms with Crippen molar-refractivity contribution in [1.82, 2.24) is 14.9 Å². The maximum absolute atomic E-state index is 12.2. The maximum atomic E-state index is 12.2. The Bertz CT molecular complexity index is 551. The van der Waals surface area contributed by atoms with E-state index in [1.54, 1.807) is 0 Å². The molecule has 0 radical (unpaired) electrons. The molecule has 0 atom stereocenters. The Morgan fingerprint density at radius 2 is 2.19 bits per heavy atom. The van der Waals surface area contributed by atoms with Gasteiger partial charge < -0.3 is 9.64 Å². The van der Waals surface area contributed by atoms with Gasteiger partial charge in [-0.3, -0.25) is 0 Å². The number of rotatable bonds is 3. The minimum atomic E-state index is -0.695. The van der Waals surface area contributed by atoms with Gasteiger partial charge in [0.1, 0.15) is 11.8 Å². The number of ether oxygens (including phenoxy) is 1. The monoisotopic (exact) mass is 315 g/mol. The van der Waals surface area contributed by atoms with E-state index in [2.05, 4.69) is 23.8 Å². The average molecular weight is 316 g/mol. The van der Waals surface area contributed by atoms with Crippen LogP contribution in [0.5, 0.6) is 6.01 Å². The van der Waals surface area contributed by atoms with Gasteiger partial charge in [0.15, 0.2) is 0 Å². The van der Waals surface area contributed by atoms with E-state index in [4.69, 9.17) is 16.3 Å². The van der Waals surface area contributed by atoms with E-state index in [0.717, 1.165) is 35.4 Å². The molecular formula is C14H19ClFN3O2. The molecule has 5 nitrogen and oxygen atoms in total. The van der Waals surface area contributed by atoms with Crippen LogP contribution in [0.25, 0.3) is 0 Å². The third kappa shape index (κ3) is 3.81. The van der Waals surface area contributed by atoms with Gasteiger partial charge in [-0.1, -0.05) is 25.4 Å². The molecule has 1 aliphatic rings. The van der Waals surface area contributed by atoms with Gasteiger partial charge in [0, 0.05) is 12.6 Å². The van der Waals surface area contributed by atoms with Gasteiger partial charge in [-0.15, -0.1) is 0 Å². The van der Waals surface area contributed by atoms with Gasteiger partial charge >= 0.3 is 12.1 Å². The summed E-state index contributed by atoms with van der Waals surface area (Å²) in [5.41, 5.74) is 1.91. The summed E-state index contributed by atoms with van der Waals surface area (Å²) in [4.78, 5) is 21.1. The molecule has 1 heterocycles. The number of aryl methyl sites for hydroxylation is 1. The van der Waals surface area contributed by atoms with E-state index < -0.39 is 12.8 Å². The fourth-order valence-corrected chi connectivity index (χ4v) is 2.55. The molecule has 1 aliphatic carbocycles. The van der Waals surface area contributed by atoms with Crippen molar-refractivity contribution in [2.75, 3.05) is 20.3 Å². The number of hydrogen-bond donors (Lipinski definition) is 0. The van der Waals surface area contributed by atoms with E-state index in [0.29, 0.717) is 5.15 Å². The maximum Gasteiger partial charge on any atom is 0.417 e. The third-order valence-electron chi connectivity index (χ3n) is 3.63. The highest BCUT2D eigenvalue weighted by molar-refractivity contribution is 6.30. The van der Waals surface area contributed by atoms with Crippen LogP contribution >= 0.6 is 11.6 Å². The molecule has 0 fully saturated rings. The van der Waals surface area contributed by atoms with Gasteiger partial charge in [0.25, 0.3) is 0 Å². The van der Waals surface area contributed by atoms with E-state index in [1.807, 2.05) is 0 Å². The van der Waals surface area contributed by atoms with E-state index in [1.165, 1.54) is 7.05 Å². The molecule has 2 rings (SSSR count). The van der Waals surface area contributed by atoms with Crippen molar-refractivity contribution >= 4 is 17.7 Å². The van der Waals surface area contributed by atoms with Crippen LogP contribution in [0.1, 0.15) is 31.5 Å². The molecule has 0 aliphatic heterocycles. The van der Waals surface area contributed by atoms with Crippen LogP contribution in [0.15, 0.2) is 0 Å². The number of hydrogen-bond acceptors (Lipinski definition) is 4. The molecule has 0 bridgehead atoms. The molecule has 0 saturated carbocycles. The van der Waals surface area contributed by atoms with Crippen LogP contribution in [0.2, 0.25) is 5.15 Å². The summed E-state index contributed by atoms with van der Waals surface area (Å²) in [7, 11) is 1.45.